The van der Waals surface area contributed by atoms with Crippen LogP contribution in [0.2, 0.25) is 0 Å². The Hall–Kier alpha value is -5.42. The van der Waals surface area contributed by atoms with E-state index in [0.29, 0.717) is 29.1 Å². The van der Waals surface area contributed by atoms with Crippen molar-refractivity contribution in [1.82, 2.24) is 5.32 Å². The molecule has 4 aromatic rings. The number of rotatable bonds is 12. The SMILES string of the molecule is CCC(Sc1cccc(NC(=O)/C(=C\c2ccccc2[N+](=O)[O-])NC(=O)c2ccccc2)c1)C(=O)Nc1ccc(OC)cc1. The predicted molar refractivity (Wildman–Crippen MR) is 172 cm³/mol. The molecule has 3 N–H and O–H groups in total. The number of nitrogens with zero attached hydrogens (tertiary/aromatic N) is 1. The number of methoxy groups -OCH3 is 1. The highest BCUT2D eigenvalue weighted by Gasteiger charge is 2.20. The zero-order valence-electron chi connectivity index (χ0n) is 24.0. The Morgan fingerprint density at radius 3 is 2.27 bits per heavy atom. The molecule has 44 heavy (non-hydrogen) atoms. The van der Waals surface area contributed by atoms with Gasteiger partial charge in [-0.15, -0.1) is 11.8 Å². The van der Waals surface area contributed by atoms with Crippen molar-refractivity contribution in [2.45, 2.75) is 23.5 Å². The van der Waals surface area contributed by atoms with Gasteiger partial charge < -0.3 is 20.7 Å². The summed E-state index contributed by atoms with van der Waals surface area (Å²) >= 11 is 1.34. The molecule has 4 rings (SSSR count). The normalized spacial score (nSPS) is 11.6. The van der Waals surface area contributed by atoms with Crippen molar-refractivity contribution in [3.8, 4) is 5.75 Å². The van der Waals surface area contributed by atoms with Crippen LogP contribution >= 0.6 is 11.8 Å². The van der Waals surface area contributed by atoms with E-state index >= 15 is 0 Å². The van der Waals surface area contributed by atoms with Gasteiger partial charge in [-0.3, -0.25) is 24.5 Å². The molecule has 0 bridgehead atoms. The molecule has 11 heteroatoms. The summed E-state index contributed by atoms with van der Waals surface area (Å²) in [4.78, 5) is 51.2. The number of anilines is 2. The highest BCUT2D eigenvalue weighted by atomic mass is 32.2. The number of para-hydroxylation sites is 1. The summed E-state index contributed by atoms with van der Waals surface area (Å²) < 4.78 is 5.16. The summed E-state index contributed by atoms with van der Waals surface area (Å²) in [5.41, 5.74) is 1.11. The predicted octanol–water partition coefficient (Wildman–Crippen LogP) is 6.52. The number of hydrogen-bond donors (Lipinski definition) is 3. The number of hydrogen-bond acceptors (Lipinski definition) is 7. The first kappa shape index (κ1) is 31.5. The first-order valence-electron chi connectivity index (χ1n) is 13.6. The first-order valence-corrected chi connectivity index (χ1v) is 14.5. The van der Waals surface area contributed by atoms with Crippen LogP contribution in [0.3, 0.4) is 0 Å². The molecule has 4 aromatic carbocycles. The third kappa shape index (κ3) is 8.55. The van der Waals surface area contributed by atoms with Crippen LogP contribution in [0.5, 0.6) is 5.75 Å². The van der Waals surface area contributed by atoms with Gasteiger partial charge in [0.05, 0.1) is 22.8 Å². The quantitative estimate of drug-likeness (QED) is 0.0718. The average Bonchev–Trinajstić information content (AvgIpc) is 3.04. The van der Waals surface area contributed by atoms with Crippen molar-refractivity contribution >= 4 is 52.6 Å². The second-order valence-electron chi connectivity index (χ2n) is 9.41. The molecule has 3 amide bonds. The van der Waals surface area contributed by atoms with Gasteiger partial charge in [-0.25, -0.2) is 0 Å². The molecule has 1 atom stereocenters. The lowest BCUT2D eigenvalue weighted by Crippen LogP contribution is -2.30. The molecule has 10 nitrogen and oxygen atoms in total. The molecule has 0 aromatic heterocycles. The maximum atomic E-state index is 13.5. The van der Waals surface area contributed by atoms with E-state index in [4.69, 9.17) is 4.74 Å². The topological polar surface area (TPSA) is 140 Å². The van der Waals surface area contributed by atoms with E-state index in [-0.39, 0.29) is 22.9 Å². The number of nitrogens with one attached hydrogen (secondary N) is 3. The van der Waals surface area contributed by atoms with E-state index in [1.54, 1.807) is 86.0 Å². The molecular formula is C33H30N4O6S. The minimum absolute atomic E-state index is 0.147. The molecule has 0 radical (unpaired) electrons. The highest BCUT2D eigenvalue weighted by Crippen LogP contribution is 2.29. The van der Waals surface area contributed by atoms with Crippen molar-refractivity contribution in [1.29, 1.82) is 0 Å². The van der Waals surface area contributed by atoms with Crippen molar-refractivity contribution in [3.05, 3.63) is 130 Å². The molecule has 0 aliphatic carbocycles. The number of nitro benzene ring substituents is 1. The van der Waals surface area contributed by atoms with Crippen molar-refractivity contribution in [2.24, 2.45) is 0 Å². The van der Waals surface area contributed by atoms with Gasteiger partial charge in [0.15, 0.2) is 0 Å². The Morgan fingerprint density at radius 2 is 1.59 bits per heavy atom. The third-order valence-electron chi connectivity index (χ3n) is 6.35. The van der Waals surface area contributed by atoms with Crippen molar-refractivity contribution in [3.63, 3.8) is 0 Å². The van der Waals surface area contributed by atoms with E-state index in [1.165, 1.54) is 36.0 Å². The molecule has 1 unspecified atom stereocenters. The second kappa shape index (κ2) is 15.2. The monoisotopic (exact) mass is 610 g/mol. The number of nitro groups is 1. The van der Waals surface area contributed by atoms with Gasteiger partial charge in [0.1, 0.15) is 11.4 Å². The largest absolute Gasteiger partial charge is 0.497 e. The van der Waals surface area contributed by atoms with Gasteiger partial charge in [-0.05, 0) is 73.2 Å². The van der Waals surface area contributed by atoms with Crippen LogP contribution in [-0.2, 0) is 9.59 Å². The lowest BCUT2D eigenvalue weighted by molar-refractivity contribution is -0.385. The Bertz CT molecular complexity index is 1680. The van der Waals surface area contributed by atoms with Crippen LogP contribution < -0.4 is 20.7 Å². The second-order valence-corrected chi connectivity index (χ2v) is 10.7. The third-order valence-corrected chi connectivity index (χ3v) is 7.71. The molecule has 0 aliphatic rings. The number of amides is 3. The fourth-order valence-corrected chi connectivity index (χ4v) is 5.12. The Morgan fingerprint density at radius 1 is 0.886 bits per heavy atom. The van der Waals surface area contributed by atoms with Crippen molar-refractivity contribution in [2.75, 3.05) is 17.7 Å². The molecule has 0 spiro atoms. The summed E-state index contributed by atoms with van der Waals surface area (Å²) in [6.45, 7) is 1.91. The van der Waals surface area contributed by atoms with E-state index in [2.05, 4.69) is 16.0 Å². The van der Waals surface area contributed by atoms with Crippen LogP contribution in [-0.4, -0.2) is 35.0 Å². The summed E-state index contributed by atoms with van der Waals surface area (Å²) in [5, 5.41) is 19.4. The fraction of sp³-hybridized carbons (Fsp3) is 0.121. The molecule has 0 fully saturated rings. The minimum Gasteiger partial charge on any atom is -0.497 e. The number of ether oxygens (including phenoxy) is 1. The minimum atomic E-state index is -0.682. The Kier molecular flexibility index (Phi) is 10.9. The number of thioether (sulfide) groups is 1. The van der Waals surface area contributed by atoms with Crippen LogP contribution in [0.4, 0.5) is 17.1 Å². The van der Waals surface area contributed by atoms with E-state index in [0.717, 1.165) is 4.90 Å². The summed E-state index contributed by atoms with van der Waals surface area (Å²) in [7, 11) is 1.57. The van der Waals surface area contributed by atoms with Gasteiger partial charge in [-0.1, -0.05) is 43.3 Å². The van der Waals surface area contributed by atoms with Gasteiger partial charge >= 0.3 is 0 Å². The van der Waals surface area contributed by atoms with E-state index in [1.807, 2.05) is 13.0 Å². The highest BCUT2D eigenvalue weighted by molar-refractivity contribution is 8.00. The fourth-order valence-electron chi connectivity index (χ4n) is 4.10. The Labute approximate surface area is 258 Å². The zero-order chi connectivity index (χ0) is 31.5. The van der Waals surface area contributed by atoms with Gasteiger partial charge in [0.25, 0.3) is 17.5 Å². The standard InChI is InChI=1S/C33H30N4O6S/c1-3-30(33(40)34-24-16-18-26(43-2)19-17-24)44-27-14-9-13-25(21-27)35-32(39)28(36-31(38)22-10-5-4-6-11-22)20-23-12-7-8-15-29(23)37(41)42/h4-21,30H,3H2,1-2H3,(H,34,40)(H,35,39)(H,36,38)/b28-20+. The summed E-state index contributed by atoms with van der Waals surface area (Å²) in [6, 6.07) is 28.2. The van der Waals surface area contributed by atoms with Crippen LogP contribution in [0.1, 0.15) is 29.3 Å². The maximum absolute atomic E-state index is 13.5. The maximum Gasteiger partial charge on any atom is 0.276 e. The van der Waals surface area contributed by atoms with Crippen LogP contribution in [0.15, 0.2) is 114 Å². The lowest BCUT2D eigenvalue weighted by Gasteiger charge is -2.16. The van der Waals surface area contributed by atoms with Gasteiger partial charge in [-0.2, -0.15) is 0 Å². The summed E-state index contributed by atoms with van der Waals surface area (Å²) in [5.74, 6) is -0.722. The van der Waals surface area contributed by atoms with Gasteiger partial charge in [0, 0.05) is 27.9 Å². The summed E-state index contributed by atoms with van der Waals surface area (Å²) in [6.07, 6.45) is 1.82. The molecular weight excluding hydrogens is 580 g/mol. The van der Waals surface area contributed by atoms with Crippen molar-refractivity contribution < 1.29 is 24.0 Å². The average molecular weight is 611 g/mol. The number of benzene rings is 4. The number of carbonyl (C=O) groups is 3. The first-order chi connectivity index (χ1) is 21.3. The van der Waals surface area contributed by atoms with Gasteiger partial charge in [0.2, 0.25) is 5.91 Å². The lowest BCUT2D eigenvalue weighted by atomic mass is 10.1. The molecule has 0 saturated heterocycles. The van der Waals surface area contributed by atoms with Crippen LogP contribution in [0, 0.1) is 10.1 Å². The number of carbonyl (C=O) groups excluding carboxylic acids is 3. The Balaban J connectivity index is 1.53. The molecule has 0 saturated carbocycles. The molecule has 0 aliphatic heterocycles. The molecule has 224 valence electrons. The molecule has 0 heterocycles. The smallest absolute Gasteiger partial charge is 0.276 e. The van der Waals surface area contributed by atoms with E-state index in [9.17, 15) is 24.5 Å². The zero-order valence-corrected chi connectivity index (χ0v) is 24.8. The van der Waals surface area contributed by atoms with Crippen LogP contribution in [0.25, 0.3) is 6.08 Å². The van der Waals surface area contributed by atoms with E-state index < -0.39 is 22.0 Å².